The van der Waals surface area contributed by atoms with Crippen LogP contribution in [0, 0.1) is 0 Å². The Hall–Kier alpha value is -0.120. The standard InChI is InChI=1S/C4H8NO2/c5-4(6)3-1-2-7-3/h3-4H,1-2,5H2. The fourth-order valence-electron chi connectivity index (χ4n) is 0.513. The van der Waals surface area contributed by atoms with E-state index in [1.54, 1.807) is 0 Å². The highest BCUT2D eigenvalue weighted by Crippen LogP contribution is 2.11. The topological polar surface area (TPSA) is 55.2 Å². The average molecular weight is 102 g/mol. The Morgan fingerprint density at radius 3 is 2.43 bits per heavy atom. The molecule has 2 unspecified atom stereocenters. The van der Waals surface area contributed by atoms with Crippen molar-refractivity contribution in [1.29, 1.82) is 0 Å². The summed E-state index contributed by atoms with van der Waals surface area (Å²) in [5.41, 5.74) is 4.92. The summed E-state index contributed by atoms with van der Waals surface area (Å²) in [5.74, 6) is 0. The van der Waals surface area contributed by atoms with Crippen molar-refractivity contribution in [3.8, 4) is 0 Å². The first-order valence-corrected chi connectivity index (χ1v) is 2.33. The molecular weight excluding hydrogens is 94.0 g/mol. The van der Waals surface area contributed by atoms with Gasteiger partial charge in [-0.1, -0.05) is 0 Å². The van der Waals surface area contributed by atoms with E-state index >= 15 is 0 Å². The molecule has 2 N–H and O–H groups in total. The number of hydrogen-bond donors (Lipinski definition) is 1. The number of rotatable bonds is 1. The van der Waals surface area contributed by atoms with E-state index in [1.165, 1.54) is 0 Å². The van der Waals surface area contributed by atoms with Crippen LogP contribution in [-0.4, -0.2) is 18.9 Å². The van der Waals surface area contributed by atoms with E-state index in [0.717, 1.165) is 6.42 Å². The Balaban J connectivity index is 2.14. The molecule has 1 aliphatic rings. The Labute approximate surface area is 42.1 Å². The molecule has 1 heterocycles. The molecule has 0 spiro atoms. The van der Waals surface area contributed by atoms with Crippen molar-refractivity contribution >= 4 is 0 Å². The van der Waals surface area contributed by atoms with Crippen molar-refractivity contribution in [2.24, 2.45) is 5.73 Å². The van der Waals surface area contributed by atoms with E-state index in [9.17, 15) is 5.11 Å². The van der Waals surface area contributed by atoms with E-state index in [1.807, 2.05) is 0 Å². The number of nitrogens with two attached hydrogens (primary N) is 1. The van der Waals surface area contributed by atoms with Crippen LogP contribution in [0.25, 0.3) is 0 Å². The first-order chi connectivity index (χ1) is 3.30. The van der Waals surface area contributed by atoms with E-state index in [-0.39, 0.29) is 6.10 Å². The monoisotopic (exact) mass is 102 g/mol. The molecular formula is C4H8NO2. The molecule has 3 heteroatoms. The number of ether oxygens (including phenoxy) is 1. The van der Waals surface area contributed by atoms with Crippen molar-refractivity contribution in [3.63, 3.8) is 0 Å². The summed E-state index contributed by atoms with van der Waals surface area (Å²) in [4.78, 5) is 0. The predicted octanol–water partition coefficient (Wildman–Crippen LogP) is -0.509. The molecule has 0 amide bonds. The van der Waals surface area contributed by atoms with E-state index in [4.69, 9.17) is 10.5 Å². The molecule has 0 bridgehead atoms. The van der Waals surface area contributed by atoms with Crippen molar-refractivity contribution in [2.75, 3.05) is 6.61 Å². The SMILES string of the molecule is NC([O])C1CCO1. The lowest BCUT2D eigenvalue weighted by atomic mass is 10.2. The second kappa shape index (κ2) is 1.78. The zero-order chi connectivity index (χ0) is 5.28. The summed E-state index contributed by atoms with van der Waals surface area (Å²) in [5, 5.41) is 10.2. The minimum absolute atomic E-state index is 0.194. The molecule has 1 saturated heterocycles. The minimum atomic E-state index is -1.02. The third kappa shape index (κ3) is 0.907. The second-order valence-electron chi connectivity index (χ2n) is 1.66. The molecule has 0 aliphatic carbocycles. The van der Waals surface area contributed by atoms with Gasteiger partial charge in [0.2, 0.25) is 0 Å². The fraction of sp³-hybridized carbons (Fsp3) is 1.00. The Morgan fingerprint density at radius 1 is 1.86 bits per heavy atom. The highest BCUT2D eigenvalue weighted by molar-refractivity contribution is 4.69. The van der Waals surface area contributed by atoms with Crippen LogP contribution >= 0.6 is 0 Å². The lowest BCUT2D eigenvalue weighted by Gasteiger charge is -2.26. The van der Waals surface area contributed by atoms with Gasteiger partial charge in [0.15, 0.2) is 6.23 Å². The summed E-state index contributed by atoms with van der Waals surface area (Å²) < 4.78 is 4.75. The third-order valence-electron chi connectivity index (χ3n) is 1.10. The molecule has 0 saturated carbocycles. The van der Waals surface area contributed by atoms with Crippen molar-refractivity contribution < 1.29 is 9.84 Å². The van der Waals surface area contributed by atoms with Crippen molar-refractivity contribution in [2.45, 2.75) is 18.8 Å². The highest BCUT2D eigenvalue weighted by Gasteiger charge is 2.24. The summed E-state index contributed by atoms with van der Waals surface area (Å²) in [6.07, 6.45) is -0.376. The molecule has 0 aromatic carbocycles. The van der Waals surface area contributed by atoms with Crippen molar-refractivity contribution in [1.82, 2.24) is 0 Å². The van der Waals surface area contributed by atoms with Crippen LogP contribution in [0.4, 0.5) is 0 Å². The van der Waals surface area contributed by atoms with Gasteiger partial charge in [-0.15, -0.1) is 0 Å². The van der Waals surface area contributed by atoms with Crippen LogP contribution in [-0.2, 0) is 9.84 Å². The van der Waals surface area contributed by atoms with E-state index in [2.05, 4.69) is 0 Å². The fourth-order valence-corrected chi connectivity index (χ4v) is 0.513. The molecule has 1 radical (unpaired) electrons. The van der Waals surface area contributed by atoms with Gasteiger partial charge in [-0.25, -0.2) is 5.11 Å². The quantitative estimate of drug-likeness (QED) is 0.453. The zero-order valence-electron chi connectivity index (χ0n) is 3.96. The molecule has 1 fully saturated rings. The Kier molecular flexibility index (Phi) is 1.27. The van der Waals surface area contributed by atoms with Gasteiger partial charge in [-0.3, -0.25) is 0 Å². The van der Waals surface area contributed by atoms with Crippen LogP contribution in [0.15, 0.2) is 0 Å². The highest BCUT2D eigenvalue weighted by atomic mass is 16.5. The lowest BCUT2D eigenvalue weighted by molar-refractivity contribution is -0.133. The molecule has 7 heavy (non-hydrogen) atoms. The third-order valence-corrected chi connectivity index (χ3v) is 1.10. The van der Waals surface area contributed by atoms with Gasteiger partial charge in [-0.05, 0) is 0 Å². The molecule has 0 aromatic rings. The van der Waals surface area contributed by atoms with Crippen LogP contribution in [0.2, 0.25) is 0 Å². The van der Waals surface area contributed by atoms with Gasteiger partial charge in [0.05, 0.1) is 0 Å². The van der Waals surface area contributed by atoms with Crippen LogP contribution < -0.4 is 5.73 Å². The summed E-state index contributed by atoms with van der Waals surface area (Å²) in [7, 11) is 0. The van der Waals surface area contributed by atoms with Gasteiger partial charge in [0, 0.05) is 13.0 Å². The van der Waals surface area contributed by atoms with E-state index < -0.39 is 6.23 Å². The average Bonchev–Trinajstić information content (AvgIpc) is 1.23. The first-order valence-electron chi connectivity index (χ1n) is 2.33. The Bertz CT molecular complexity index is 60.7. The molecule has 41 valence electrons. The van der Waals surface area contributed by atoms with E-state index in [0.29, 0.717) is 6.61 Å². The summed E-state index contributed by atoms with van der Waals surface area (Å²) in [6, 6.07) is 0. The van der Waals surface area contributed by atoms with Gasteiger partial charge in [0.1, 0.15) is 6.10 Å². The molecule has 2 atom stereocenters. The molecule has 1 aliphatic heterocycles. The summed E-state index contributed by atoms with van der Waals surface area (Å²) >= 11 is 0. The van der Waals surface area contributed by atoms with Gasteiger partial charge in [0.25, 0.3) is 0 Å². The predicted molar refractivity (Wildman–Crippen MR) is 23.0 cm³/mol. The molecule has 1 rings (SSSR count). The zero-order valence-corrected chi connectivity index (χ0v) is 3.96. The molecule has 3 nitrogen and oxygen atoms in total. The second-order valence-corrected chi connectivity index (χ2v) is 1.66. The number of hydrogen-bond acceptors (Lipinski definition) is 2. The largest absolute Gasteiger partial charge is 0.374 e. The van der Waals surface area contributed by atoms with Crippen LogP contribution in [0.1, 0.15) is 6.42 Å². The van der Waals surface area contributed by atoms with Gasteiger partial charge in [-0.2, -0.15) is 0 Å². The maximum Gasteiger partial charge on any atom is 0.167 e. The molecule has 0 aromatic heterocycles. The maximum absolute atomic E-state index is 10.2. The maximum atomic E-state index is 10.2. The van der Waals surface area contributed by atoms with Crippen LogP contribution in [0.5, 0.6) is 0 Å². The van der Waals surface area contributed by atoms with Gasteiger partial charge >= 0.3 is 0 Å². The Morgan fingerprint density at radius 2 is 2.43 bits per heavy atom. The smallest absolute Gasteiger partial charge is 0.167 e. The van der Waals surface area contributed by atoms with Gasteiger partial charge < -0.3 is 10.5 Å². The normalized spacial score (nSPS) is 34.3. The lowest BCUT2D eigenvalue weighted by Crippen LogP contribution is -2.42. The van der Waals surface area contributed by atoms with Crippen LogP contribution in [0.3, 0.4) is 0 Å². The minimum Gasteiger partial charge on any atom is -0.374 e. The first kappa shape index (κ1) is 5.03. The summed E-state index contributed by atoms with van der Waals surface area (Å²) in [6.45, 7) is 0.709. The van der Waals surface area contributed by atoms with Crippen molar-refractivity contribution in [3.05, 3.63) is 0 Å².